The highest BCUT2D eigenvalue weighted by molar-refractivity contribution is 5.19. The van der Waals surface area contributed by atoms with E-state index in [1.165, 1.54) is 24.8 Å². The standard InChI is InChI=1S/C16H25N5/c1-4-8-17-16(13-5-6-13)14-7-9-21(10-14)11-15-19-18-12(2)20(15)3/h7,9-10,13,16-17H,4-6,8,11H2,1-3H3. The van der Waals surface area contributed by atoms with E-state index >= 15 is 0 Å². The molecular weight excluding hydrogens is 262 g/mol. The van der Waals surface area contributed by atoms with Crippen molar-refractivity contribution in [2.45, 2.75) is 45.7 Å². The quantitative estimate of drug-likeness (QED) is 0.851. The molecule has 0 amide bonds. The molecule has 3 rings (SSSR count). The maximum absolute atomic E-state index is 4.24. The van der Waals surface area contributed by atoms with Gasteiger partial charge in [-0.15, -0.1) is 10.2 Å². The first kappa shape index (κ1) is 14.3. The van der Waals surface area contributed by atoms with Crippen molar-refractivity contribution in [3.8, 4) is 0 Å². The maximum atomic E-state index is 4.24. The summed E-state index contributed by atoms with van der Waals surface area (Å²) in [7, 11) is 2.02. The molecule has 1 N–H and O–H groups in total. The number of aromatic nitrogens is 4. The zero-order valence-electron chi connectivity index (χ0n) is 13.2. The van der Waals surface area contributed by atoms with Gasteiger partial charge in [0.1, 0.15) is 5.82 Å². The van der Waals surface area contributed by atoms with E-state index in [0.717, 1.165) is 30.7 Å². The van der Waals surface area contributed by atoms with E-state index in [-0.39, 0.29) is 0 Å². The Balaban J connectivity index is 1.71. The van der Waals surface area contributed by atoms with E-state index in [1.807, 2.05) is 18.5 Å². The third kappa shape index (κ3) is 3.18. The minimum atomic E-state index is 0.521. The van der Waals surface area contributed by atoms with Crippen molar-refractivity contribution >= 4 is 0 Å². The van der Waals surface area contributed by atoms with Crippen LogP contribution in [-0.2, 0) is 13.6 Å². The predicted octanol–water partition coefficient (Wildman–Crippen LogP) is 2.42. The Labute approximate surface area is 126 Å². The lowest BCUT2D eigenvalue weighted by atomic mass is 10.1. The van der Waals surface area contributed by atoms with Crippen LogP contribution < -0.4 is 5.32 Å². The summed E-state index contributed by atoms with van der Waals surface area (Å²) in [6.45, 7) is 6.07. The monoisotopic (exact) mass is 287 g/mol. The van der Waals surface area contributed by atoms with E-state index < -0.39 is 0 Å². The summed E-state index contributed by atoms with van der Waals surface area (Å²) in [6.07, 6.45) is 8.31. The molecule has 0 bridgehead atoms. The lowest BCUT2D eigenvalue weighted by molar-refractivity contribution is 0.480. The number of hydrogen-bond acceptors (Lipinski definition) is 3. The van der Waals surface area contributed by atoms with E-state index in [4.69, 9.17) is 0 Å². The van der Waals surface area contributed by atoms with Gasteiger partial charge in [-0.1, -0.05) is 6.92 Å². The van der Waals surface area contributed by atoms with Gasteiger partial charge < -0.3 is 14.5 Å². The molecule has 114 valence electrons. The van der Waals surface area contributed by atoms with Gasteiger partial charge in [0.25, 0.3) is 0 Å². The van der Waals surface area contributed by atoms with Crippen LogP contribution in [0.1, 0.15) is 49.4 Å². The van der Waals surface area contributed by atoms with Crippen LogP contribution in [-0.4, -0.2) is 25.9 Å². The Hall–Kier alpha value is -1.62. The molecule has 0 saturated heterocycles. The number of nitrogens with one attached hydrogen (secondary N) is 1. The first-order valence-corrected chi connectivity index (χ1v) is 7.93. The first-order valence-electron chi connectivity index (χ1n) is 7.93. The van der Waals surface area contributed by atoms with Crippen molar-refractivity contribution in [3.63, 3.8) is 0 Å². The van der Waals surface area contributed by atoms with Crippen molar-refractivity contribution in [2.24, 2.45) is 13.0 Å². The molecule has 1 aliphatic carbocycles. The molecule has 0 aliphatic heterocycles. The molecule has 2 aromatic rings. The number of hydrogen-bond donors (Lipinski definition) is 1. The Bertz CT molecular complexity index is 594. The first-order chi connectivity index (χ1) is 10.2. The SMILES string of the molecule is CCCNC(c1ccn(Cc2nnc(C)n2C)c1)C1CC1. The van der Waals surface area contributed by atoms with Gasteiger partial charge in [-0.25, -0.2) is 0 Å². The van der Waals surface area contributed by atoms with Gasteiger partial charge in [0, 0.05) is 25.5 Å². The molecule has 1 aliphatic rings. The molecule has 1 fully saturated rings. The number of rotatable bonds is 7. The van der Waals surface area contributed by atoms with E-state index in [0.29, 0.717) is 6.04 Å². The summed E-state index contributed by atoms with van der Waals surface area (Å²) in [5, 5.41) is 12.1. The molecule has 0 radical (unpaired) electrons. The molecule has 1 atom stereocenters. The zero-order chi connectivity index (χ0) is 14.8. The van der Waals surface area contributed by atoms with Crippen LogP contribution in [0.2, 0.25) is 0 Å². The van der Waals surface area contributed by atoms with Gasteiger partial charge in [0.2, 0.25) is 0 Å². The average Bonchev–Trinajstić information content (AvgIpc) is 3.14. The summed E-state index contributed by atoms with van der Waals surface area (Å²) in [6, 6.07) is 2.77. The van der Waals surface area contributed by atoms with Gasteiger partial charge in [0.15, 0.2) is 5.82 Å². The molecular formula is C16H25N5. The van der Waals surface area contributed by atoms with Crippen LogP contribution in [0.25, 0.3) is 0 Å². The van der Waals surface area contributed by atoms with Crippen molar-refractivity contribution in [1.29, 1.82) is 0 Å². The van der Waals surface area contributed by atoms with Gasteiger partial charge in [-0.3, -0.25) is 0 Å². The predicted molar refractivity (Wildman–Crippen MR) is 83.0 cm³/mol. The molecule has 0 spiro atoms. The maximum Gasteiger partial charge on any atom is 0.152 e. The molecule has 1 unspecified atom stereocenters. The van der Waals surface area contributed by atoms with Gasteiger partial charge in [-0.2, -0.15) is 0 Å². The molecule has 21 heavy (non-hydrogen) atoms. The van der Waals surface area contributed by atoms with Crippen LogP contribution >= 0.6 is 0 Å². The van der Waals surface area contributed by atoms with E-state index in [1.54, 1.807) is 0 Å². The minimum absolute atomic E-state index is 0.521. The topological polar surface area (TPSA) is 47.7 Å². The minimum Gasteiger partial charge on any atom is -0.346 e. The third-order valence-corrected chi connectivity index (χ3v) is 4.35. The normalized spacial score (nSPS) is 16.3. The van der Waals surface area contributed by atoms with E-state index in [2.05, 4.69) is 45.5 Å². The Kier molecular flexibility index (Phi) is 4.10. The summed E-state index contributed by atoms with van der Waals surface area (Å²) in [5.41, 5.74) is 1.41. The molecule has 0 aromatic carbocycles. The highest BCUT2D eigenvalue weighted by atomic mass is 15.3. The lowest BCUT2D eigenvalue weighted by Crippen LogP contribution is -2.23. The fourth-order valence-electron chi connectivity index (χ4n) is 2.78. The second-order valence-electron chi connectivity index (χ2n) is 6.11. The molecule has 5 nitrogen and oxygen atoms in total. The largest absolute Gasteiger partial charge is 0.346 e. The van der Waals surface area contributed by atoms with Crippen LogP contribution in [0.4, 0.5) is 0 Å². The van der Waals surface area contributed by atoms with Gasteiger partial charge in [-0.05, 0) is 50.3 Å². The summed E-state index contributed by atoms with van der Waals surface area (Å²) >= 11 is 0. The molecule has 2 aromatic heterocycles. The lowest BCUT2D eigenvalue weighted by Gasteiger charge is -2.16. The summed E-state index contributed by atoms with van der Waals surface area (Å²) in [4.78, 5) is 0. The Morgan fingerprint density at radius 2 is 2.19 bits per heavy atom. The zero-order valence-corrected chi connectivity index (χ0v) is 13.2. The third-order valence-electron chi connectivity index (χ3n) is 4.35. The fraction of sp³-hybridized carbons (Fsp3) is 0.625. The number of nitrogens with zero attached hydrogens (tertiary/aromatic N) is 4. The molecule has 2 heterocycles. The second kappa shape index (κ2) is 6.02. The van der Waals surface area contributed by atoms with Crippen molar-refractivity contribution in [3.05, 3.63) is 35.7 Å². The van der Waals surface area contributed by atoms with E-state index in [9.17, 15) is 0 Å². The second-order valence-corrected chi connectivity index (χ2v) is 6.11. The average molecular weight is 287 g/mol. The Morgan fingerprint density at radius 3 is 2.81 bits per heavy atom. The molecule has 5 heteroatoms. The van der Waals surface area contributed by atoms with Crippen molar-refractivity contribution < 1.29 is 0 Å². The summed E-state index contributed by atoms with van der Waals surface area (Å²) < 4.78 is 4.26. The van der Waals surface area contributed by atoms with Crippen LogP contribution in [0.5, 0.6) is 0 Å². The fourth-order valence-corrected chi connectivity index (χ4v) is 2.78. The Morgan fingerprint density at radius 1 is 1.38 bits per heavy atom. The molecule has 1 saturated carbocycles. The van der Waals surface area contributed by atoms with Gasteiger partial charge >= 0.3 is 0 Å². The van der Waals surface area contributed by atoms with Crippen LogP contribution in [0.15, 0.2) is 18.5 Å². The number of aryl methyl sites for hydroxylation is 1. The van der Waals surface area contributed by atoms with Crippen LogP contribution in [0, 0.1) is 12.8 Å². The van der Waals surface area contributed by atoms with Crippen molar-refractivity contribution in [2.75, 3.05) is 6.54 Å². The highest BCUT2D eigenvalue weighted by Crippen LogP contribution is 2.41. The van der Waals surface area contributed by atoms with Crippen LogP contribution in [0.3, 0.4) is 0 Å². The summed E-state index contributed by atoms with van der Waals surface area (Å²) in [5.74, 6) is 2.78. The van der Waals surface area contributed by atoms with Gasteiger partial charge in [0.05, 0.1) is 6.54 Å². The van der Waals surface area contributed by atoms with Crippen molar-refractivity contribution in [1.82, 2.24) is 24.6 Å². The highest BCUT2D eigenvalue weighted by Gasteiger charge is 2.32. The smallest absolute Gasteiger partial charge is 0.152 e.